The number of para-hydroxylation sites is 1. The molecule has 2 aromatic carbocycles. The minimum atomic E-state index is -0.385. The Kier molecular flexibility index (Phi) is 2.52. The van der Waals surface area contributed by atoms with Gasteiger partial charge >= 0.3 is 0 Å². The van der Waals surface area contributed by atoms with Crippen LogP contribution >= 0.6 is 0 Å². The molecule has 2 N–H and O–H groups in total. The molecular weight excluding hydrogens is 224 g/mol. The molecule has 1 amide bonds. The summed E-state index contributed by atoms with van der Waals surface area (Å²) in [6.07, 6.45) is 1.04. The third-order valence-corrected chi connectivity index (χ3v) is 3.33. The molecule has 0 unspecified atom stereocenters. The molecule has 3 nitrogen and oxygen atoms in total. The molecule has 3 heteroatoms. The second-order valence-electron chi connectivity index (χ2n) is 4.44. The Bertz CT molecular complexity index is 607. The highest BCUT2D eigenvalue weighted by atomic mass is 16.1. The lowest BCUT2D eigenvalue weighted by Crippen LogP contribution is -2.15. The number of amides is 1. The standard InChI is InChI=1S/C15H14N2O/c16-15(18)12-5-3-6-13(10-12)17-9-8-11-4-1-2-7-14(11)17/h1-7,10H,8-9H2,(H2,16,18). The van der Waals surface area contributed by atoms with Crippen LogP contribution in [-0.2, 0) is 6.42 Å². The van der Waals surface area contributed by atoms with Crippen molar-refractivity contribution < 1.29 is 4.79 Å². The van der Waals surface area contributed by atoms with E-state index in [4.69, 9.17) is 5.73 Å². The molecule has 0 saturated heterocycles. The fourth-order valence-electron chi connectivity index (χ4n) is 2.43. The van der Waals surface area contributed by atoms with E-state index in [2.05, 4.69) is 23.1 Å². The number of benzene rings is 2. The molecule has 0 radical (unpaired) electrons. The van der Waals surface area contributed by atoms with Gasteiger partial charge in [0.25, 0.3) is 0 Å². The van der Waals surface area contributed by atoms with Crippen molar-refractivity contribution in [1.82, 2.24) is 0 Å². The lowest BCUT2D eigenvalue weighted by Gasteiger charge is -2.19. The minimum absolute atomic E-state index is 0.385. The number of carbonyl (C=O) groups is 1. The molecule has 0 fully saturated rings. The summed E-state index contributed by atoms with van der Waals surface area (Å²) in [6, 6.07) is 15.8. The largest absolute Gasteiger partial charge is 0.366 e. The van der Waals surface area contributed by atoms with Gasteiger partial charge in [-0.2, -0.15) is 0 Å². The van der Waals surface area contributed by atoms with Gasteiger partial charge in [-0.3, -0.25) is 4.79 Å². The summed E-state index contributed by atoms with van der Waals surface area (Å²) in [7, 11) is 0. The zero-order valence-electron chi connectivity index (χ0n) is 9.97. The zero-order chi connectivity index (χ0) is 12.5. The summed E-state index contributed by atoms with van der Waals surface area (Å²) in [6.45, 7) is 0.946. The third-order valence-electron chi connectivity index (χ3n) is 3.33. The highest BCUT2D eigenvalue weighted by molar-refractivity contribution is 5.94. The molecule has 90 valence electrons. The summed E-state index contributed by atoms with van der Waals surface area (Å²) in [5, 5.41) is 0. The van der Waals surface area contributed by atoms with Gasteiger partial charge in [0.1, 0.15) is 0 Å². The number of fused-ring (bicyclic) bond motifs is 1. The average Bonchev–Trinajstić information content (AvgIpc) is 2.82. The van der Waals surface area contributed by atoms with Gasteiger partial charge in [-0.05, 0) is 36.2 Å². The van der Waals surface area contributed by atoms with Gasteiger partial charge in [-0.15, -0.1) is 0 Å². The first-order valence-electron chi connectivity index (χ1n) is 6.01. The van der Waals surface area contributed by atoms with Crippen molar-refractivity contribution in [3.05, 3.63) is 59.7 Å². The molecule has 0 spiro atoms. The van der Waals surface area contributed by atoms with Crippen molar-refractivity contribution >= 4 is 17.3 Å². The quantitative estimate of drug-likeness (QED) is 0.873. The lowest BCUT2D eigenvalue weighted by atomic mass is 10.1. The Morgan fingerprint density at radius 2 is 1.94 bits per heavy atom. The van der Waals surface area contributed by atoms with Crippen LogP contribution in [-0.4, -0.2) is 12.5 Å². The van der Waals surface area contributed by atoms with E-state index in [1.54, 1.807) is 6.07 Å². The molecule has 0 saturated carbocycles. The van der Waals surface area contributed by atoms with Crippen molar-refractivity contribution in [3.63, 3.8) is 0 Å². The van der Waals surface area contributed by atoms with Gasteiger partial charge in [-0.25, -0.2) is 0 Å². The zero-order valence-corrected chi connectivity index (χ0v) is 9.97. The van der Waals surface area contributed by atoms with E-state index < -0.39 is 0 Å². The first-order chi connectivity index (χ1) is 8.75. The van der Waals surface area contributed by atoms with E-state index in [0.29, 0.717) is 5.56 Å². The van der Waals surface area contributed by atoms with Gasteiger partial charge in [-0.1, -0.05) is 24.3 Å². The van der Waals surface area contributed by atoms with Gasteiger partial charge in [0, 0.05) is 23.5 Å². The van der Waals surface area contributed by atoms with Crippen LogP contribution in [0.4, 0.5) is 11.4 Å². The van der Waals surface area contributed by atoms with E-state index in [1.807, 2.05) is 24.3 Å². The van der Waals surface area contributed by atoms with Crippen LogP contribution in [0.15, 0.2) is 48.5 Å². The molecular formula is C15H14N2O. The first kappa shape index (κ1) is 10.8. The molecule has 18 heavy (non-hydrogen) atoms. The Balaban J connectivity index is 2.02. The molecule has 1 aliphatic rings. The second-order valence-corrected chi connectivity index (χ2v) is 4.44. The predicted octanol–water partition coefficient (Wildman–Crippen LogP) is 2.48. The van der Waals surface area contributed by atoms with Crippen molar-refractivity contribution in [3.8, 4) is 0 Å². The summed E-state index contributed by atoms with van der Waals surface area (Å²) < 4.78 is 0. The molecule has 0 bridgehead atoms. The minimum Gasteiger partial charge on any atom is -0.366 e. The van der Waals surface area contributed by atoms with E-state index in [0.717, 1.165) is 18.7 Å². The first-order valence-corrected chi connectivity index (χ1v) is 6.01. The van der Waals surface area contributed by atoms with Crippen LogP contribution in [0.2, 0.25) is 0 Å². The highest BCUT2D eigenvalue weighted by Crippen LogP contribution is 2.34. The van der Waals surface area contributed by atoms with Gasteiger partial charge in [0.2, 0.25) is 5.91 Å². The molecule has 3 rings (SSSR count). The maximum absolute atomic E-state index is 11.2. The van der Waals surface area contributed by atoms with E-state index in [9.17, 15) is 4.79 Å². The van der Waals surface area contributed by atoms with Gasteiger partial charge in [0.05, 0.1) is 0 Å². The molecule has 1 heterocycles. The summed E-state index contributed by atoms with van der Waals surface area (Å²) in [4.78, 5) is 13.4. The Hall–Kier alpha value is -2.29. The van der Waals surface area contributed by atoms with Gasteiger partial charge in [0.15, 0.2) is 0 Å². The number of hydrogen-bond acceptors (Lipinski definition) is 2. The topological polar surface area (TPSA) is 46.3 Å². The smallest absolute Gasteiger partial charge is 0.248 e. The number of nitrogens with two attached hydrogens (primary N) is 1. The number of hydrogen-bond donors (Lipinski definition) is 1. The van der Waals surface area contributed by atoms with Crippen LogP contribution in [0.3, 0.4) is 0 Å². The second kappa shape index (κ2) is 4.18. The summed E-state index contributed by atoms with van der Waals surface area (Å²) in [5.74, 6) is -0.385. The van der Waals surface area contributed by atoms with Crippen molar-refractivity contribution in [2.45, 2.75) is 6.42 Å². The Morgan fingerprint density at radius 3 is 2.78 bits per heavy atom. The van der Waals surface area contributed by atoms with E-state index in [-0.39, 0.29) is 5.91 Å². The van der Waals surface area contributed by atoms with E-state index in [1.165, 1.54) is 11.3 Å². The van der Waals surface area contributed by atoms with Crippen molar-refractivity contribution in [2.24, 2.45) is 5.73 Å². The number of anilines is 2. The molecule has 0 aromatic heterocycles. The van der Waals surface area contributed by atoms with Crippen LogP contribution in [0, 0.1) is 0 Å². The number of carbonyl (C=O) groups excluding carboxylic acids is 1. The molecule has 1 aliphatic heterocycles. The SMILES string of the molecule is NC(=O)c1cccc(N2CCc3ccccc32)c1. The van der Waals surface area contributed by atoms with Gasteiger partial charge < -0.3 is 10.6 Å². The molecule has 0 atom stereocenters. The van der Waals surface area contributed by atoms with Crippen LogP contribution in [0.25, 0.3) is 0 Å². The van der Waals surface area contributed by atoms with Crippen LogP contribution < -0.4 is 10.6 Å². The summed E-state index contributed by atoms with van der Waals surface area (Å²) in [5.41, 5.74) is 9.47. The Morgan fingerprint density at radius 1 is 1.11 bits per heavy atom. The monoisotopic (exact) mass is 238 g/mol. The third kappa shape index (κ3) is 1.74. The normalized spacial score (nSPS) is 13.4. The van der Waals surface area contributed by atoms with Crippen molar-refractivity contribution in [1.29, 1.82) is 0 Å². The summed E-state index contributed by atoms with van der Waals surface area (Å²) >= 11 is 0. The average molecular weight is 238 g/mol. The number of rotatable bonds is 2. The molecule has 2 aromatic rings. The van der Waals surface area contributed by atoms with E-state index >= 15 is 0 Å². The maximum Gasteiger partial charge on any atom is 0.248 e. The fourth-order valence-corrected chi connectivity index (χ4v) is 2.43. The molecule has 0 aliphatic carbocycles. The fraction of sp³-hybridized carbons (Fsp3) is 0.133. The van der Waals surface area contributed by atoms with Crippen molar-refractivity contribution in [2.75, 3.05) is 11.4 Å². The van der Waals surface area contributed by atoms with Crippen LogP contribution in [0.5, 0.6) is 0 Å². The number of primary amides is 1. The predicted molar refractivity (Wildman–Crippen MR) is 72.1 cm³/mol. The lowest BCUT2D eigenvalue weighted by molar-refractivity contribution is 0.100. The van der Waals surface area contributed by atoms with Crippen LogP contribution in [0.1, 0.15) is 15.9 Å². The maximum atomic E-state index is 11.2. The number of nitrogens with zero attached hydrogens (tertiary/aromatic N) is 1. The highest BCUT2D eigenvalue weighted by Gasteiger charge is 2.19. The Labute approximate surface area is 106 Å².